The summed E-state index contributed by atoms with van der Waals surface area (Å²) in [6.45, 7) is 6.73. The maximum Gasteiger partial charge on any atom is 0.252 e. The molecular weight excluding hydrogens is 1020 g/mol. The fourth-order valence-electron chi connectivity index (χ4n) is 13.8. The lowest BCUT2D eigenvalue weighted by Gasteiger charge is -2.47. The van der Waals surface area contributed by atoms with Gasteiger partial charge in [-0.1, -0.05) is 267 Å². The van der Waals surface area contributed by atoms with E-state index in [1.54, 1.807) is 0 Å². The maximum atomic E-state index is 2.68. The molecular formula is C82H61BN2. The van der Waals surface area contributed by atoms with Crippen LogP contribution in [-0.2, 0) is 5.41 Å². The number of rotatable bonds is 11. The van der Waals surface area contributed by atoms with Gasteiger partial charge in [-0.25, -0.2) is 0 Å². The van der Waals surface area contributed by atoms with Crippen molar-refractivity contribution in [2.75, 3.05) is 9.80 Å². The largest absolute Gasteiger partial charge is 0.310 e. The average molecular weight is 1090 g/mol. The fraction of sp³-hybridized carbons (Fsp3) is 0.0488. The molecule has 0 N–H and O–H groups in total. The van der Waals surface area contributed by atoms with E-state index in [9.17, 15) is 0 Å². The number of aryl methyl sites for hydroxylation is 2. The lowest BCUT2D eigenvalue weighted by atomic mass is 9.33. The Morgan fingerprint density at radius 2 is 0.541 bits per heavy atom. The van der Waals surface area contributed by atoms with Gasteiger partial charge in [0.25, 0.3) is 6.71 Å². The molecule has 0 aliphatic carbocycles. The monoisotopic (exact) mass is 1080 g/mol. The van der Waals surface area contributed by atoms with Gasteiger partial charge < -0.3 is 9.80 Å². The van der Waals surface area contributed by atoms with Gasteiger partial charge >= 0.3 is 0 Å². The van der Waals surface area contributed by atoms with Crippen molar-refractivity contribution in [1.29, 1.82) is 0 Å². The van der Waals surface area contributed by atoms with Gasteiger partial charge in [-0.15, -0.1) is 0 Å². The molecule has 0 spiro atoms. The van der Waals surface area contributed by atoms with Gasteiger partial charge in [-0.2, -0.15) is 0 Å². The van der Waals surface area contributed by atoms with Crippen LogP contribution in [0.4, 0.5) is 34.1 Å². The highest BCUT2D eigenvalue weighted by Crippen LogP contribution is 2.55. The van der Waals surface area contributed by atoms with Gasteiger partial charge in [0.2, 0.25) is 0 Å². The first-order valence-corrected chi connectivity index (χ1v) is 29.7. The molecule has 0 saturated carbocycles. The van der Waals surface area contributed by atoms with Gasteiger partial charge in [0.1, 0.15) is 0 Å². The highest BCUT2D eigenvalue weighted by molar-refractivity contribution is 7.00. The molecule has 0 radical (unpaired) electrons. The van der Waals surface area contributed by atoms with Crippen molar-refractivity contribution in [2.45, 2.75) is 26.2 Å². The molecule has 0 saturated heterocycles. The summed E-state index contributed by atoms with van der Waals surface area (Å²) in [5.74, 6) is 0. The van der Waals surface area contributed by atoms with Crippen molar-refractivity contribution in [2.24, 2.45) is 0 Å². The minimum absolute atomic E-state index is 0.208. The molecule has 2 heterocycles. The van der Waals surface area contributed by atoms with Crippen LogP contribution in [0.2, 0.25) is 0 Å². The standard InChI is InChI=1S/C82H61BN2/c1-56-48-69(60-32-16-6-17-33-60)80(70(49-56)61-34-18-7-19-35-61)84-75-46-44-64(58-28-12-4-13-29-58)52-73(75)83-74-53-65(59-30-14-5-15-31-59)45-47-76(74)85(81-71(62-36-20-8-21-37-62)50-57(2)51-72(81)63-38-22-9-23-39-63)78-55-68(54-77(84)79(78)83)82(3,66-40-24-10-25-41-66)67-42-26-11-27-43-67/h4-55H,1-3H3. The van der Waals surface area contributed by atoms with Crippen molar-refractivity contribution < 1.29 is 0 Å². The van der Waals surface area contributed by atoms with Crippen LogP contribution in [-0.4, -0.2) is 6.71 Å². The smallest absolute Gasteiger partial charge is 0.252 e. The zero-order valence-corrected chi connectivity index (χ0v) is 48.0. The van der Waals surface area contributed by atoms with Crippen molar-refractivity contribution in [3.8, 4) is 66.8 Å². The highest BCUT2D eigenvalue weighted by atomic mass is 15.2. The number of nitrogens with zero attached hydrogens (tertiary/aromatic N) is 2. The Balaban J connectivity index is 1.17. The van der Waals surface area contributed by atoms with E-state index in [1.165, 1.54) is 88.7 Å². The quantitative estimate of drug-likeness (QED) is 0.0941. The third-order valence-corrected chi connectivity index (χ3v) is 17.9. The molecule has 13 aromatic rings. The topological polar surface area (TPSA) is 6.48 Å². The number of hydrogen-bond donors (Lipinski definition) is 0. The van der Waals surface area contributed by atoms with Gasteiger partial charge in [0, 0.05) is 50.4 Å². The second kappa shape index (κ2) is 21.4. The Kier molecular flexibility index (Phi) is 12.9. The Bertz CT molecular complexity index is 4180. The van der Waals surface area contributed by atoms with E-state index in [4.69, 9.17) is 0 Å². The van der Waals surface area contributed by atoms with Crippen LogP contribution in [0.25, 0.3) is 66.8 Å². The van der Waals surface area contributed by atoms with E-state index in [0.29, 0.717) is 0 Å². The van der Waals surface area contributed by atoms with E-state index in [0.717, 1.165) is 56.4 Å². The first kappa shape index (κ1) is 51.4. The molecule has 0 unspecified atom stereocenters. The maximum absolute atomic E-state index is 2.68. The lowest BCUT2D eigenvalue weighted by Crippen LogP contribution is -2.61. The van der Waals surface area contributed by atoms with Crippen LogP contribution < -0.4 is 26.2 Å². The summed E-state index contributed by atoms with van der Waals surface area (Å²) in [6.07, 6.45) is 0. The van der Waals surface area contributed by atoms with Crippen LogP contribution in [0, 0.1) is 13.8 Å². The summed E-state index contributed by atoms with van der Waals surface area (Å²) in [6, 6.07) is 118. The zero-order chi connectivity index (χ0) is 57.0. The molecule has 0 fully saturated rings. The van der Waals surface area contributed by atoms with Crippen LogP contribution in [0.3, 0.4) is 0 Å². The summed E-state index contributed by atoms with van der Waals surface area (Å²) in [4.78, 5) is 5.36. The molecule has 0 aromatic heterocycles. The Hall–Kier alpha value is -10.5. The van der Waals surface area contributed by atoms with Crippen molar-refractivity contribution in [3.63, 3.8) is 0 Å². The minimum atomic E-state index is -0.634. The predicted molar refractivity (Wildman–Crippen MR) is 361 cm³/mol. The van der Waals surface area contributed by atoms with Crippen molar-refractivity contribution in [3.05, 3.63) is 343 Å². The first-order valence-electron chi connectivity index (χ1n) is 29.7. The predicted octanol–water partition coefficient (Wildman–Crippen LogP) is 19.7. The molecule has 0 amide bonds. The minimum Gasteiger partial charge on any atom is -0.310 e. The number of benzene rings is 13. The average Bonchev–Trinajstić information content (AvgIpc) is 0.801. The molecule has 3 heteroatoms. The van der Waals surface area contributed by atoms with Crippen molar-refractivity contribution >= 4 is 57.2 Å². The van der Waals surface area contributed by atoms with Crippen LogP contribution >= 0.6 is 0 Å². The molecule has 0 bridgehead atoms. The van der Waals surface area contributed by atoms with Crippen LogP contribution in [0.1, 0.15) is 34.7 Å². The summed E-state index contributed by atoms with van der Waals surface area (Å²) in [5.41, 5.74) is 30.0. The molecule has 2 nitrogen and oxygen atoms in total. The summed E-state index contributed by atoms with van der Waals surface area (Å²) < 4.78 is 0. The van der Waals surface area contributed by atoms with Crippen molar-refractivity contribution in [1.82, 2.24) is 0 Å². The summed E-state index contributed by atoms with van der Waals surface area (Å²) in [5, 5.41) is 0. The van der Waals surface area contributed by atoms with Crippen LogP contribution in [0.5, 0.6) is 0 Å². The Morgan fingerprint density at radius 3 is 0.847 bits per heavy atom. The number of anilines is 6. The van der Waals surface area contributed by atoms with E-state index >= 15 is 0 Å². The highest BCUT2D eigenvalue weighted by Gasteiger charge is 2.47. The summed E-state index contributed by atoms with van der Waals surface area (Å²) >= 11 is 0. The number of hydrogen-bond acceptors (Lipinski definition) is 2. The second-order valence-electron chi connectivity index (χ2n) is 23.0. The fourth-order valence-corrected chi connectivity index (χ4v) is 13.8. The Morgan fingerprint density at radius 1 is 0.259 bits per heavy atom. The number of fused-ring (bicyclic) bond motifs is 4. The molecule has 2 aliphatic rings. The van der Waals surface area contributed by atoms with E-state index in [2.05, 4.69) is 346 Å². The lowest BCUT2D eigenvalue weighted by molar-refractivity contribution is 0.693. The third kappa shape index (κ3) is 8.90. The molecule has 13 aromatic carbocycles. The van der Waals surface area contributed by atoms with Gasteiger partial charge in [-0.05, 0) is 158 Å². The van der Waals surface area contributed by atoms with Gasteiger partial charge in [0.05, 0.1) is 11.4 Å². The Labute approximate surface area is 500 Å². The first-order chi connectivity index (χ1) is 41.9. The molecule has 402 valence electrons. The molecule has 2 aliphatic heterocycles. The van der Waals surface area contributed by atoms with Crippen LogP contribution in [0.15, 0.2) is 315 Å². The van der Waals surface area contributed by atoms with E-state index < -0.39 is 5.41 Å². The summed E-state index contributed by atoms with van der Waals surface area (Å²) in [7, 11) is 0. The zero-order valence-electron chi connectivity index (χ0n) is 48.0. The normalized spacial score (nSPS) is 12.3. The van der Waals surface area contributed by atoms with Gasteiger partial charge in [-0.3, -0.25) is 0 Å². The second-order valence-corrected chi connectivity index (χ2v) is 23.0. The SMILES string of the molecule is Cc1cc(-c2ccccc2)c(N2c3ccc(-c4ccccc4)cc3B3c4cc(-c5ccccc5)ccc4N(c4c(-c5ccccc5)cc(C)cc4-c4ccccc4)c4cc(C(C)(c5ccccc5)c5ccccc5)cc2c43)c(-c2ccccc2)c1. The third-order valence-electron chi connectivity index (χ3n) is 17.9. The molecule has 15 rings (SSSR count). The van der Waals surface area contributed by atoms with E-state index in [-0.39, 0.29) is 6.71 Å². The van der Waals surface area contributed by atoms with E-state index in [1.807, 2.05) is 0 Å². The van der Waals surface area contributed by atoms with Gasteiger partial charge in [0.15, 0.2) is 0 Å². The molecule has 0 atom stereocenters. The molecule has 85 heavy (non-hydrogen) atoms.